The number of nitrogens with zero attached hydrogens (tertiary/aromatic N) is 3. The van der Waals surface area contributed by atoms with Gasteiger partial charge in [-0.05, 0) is 70.0 Å². The van der Waals surface area contributed by atoms with E-state index in [1.54, 1.807) is 4.68 Å². The van der Waals surface area contributed by atoms with E-state index >= 15 is 0 Å². The first kappa shape index (κ1) is 18.6. The second kappa shape index (κ2) is 7.99. The molecule has 0 bridgehead atoms. The molecule has 2 aromatic rings. The van der Waals surface area contributed by atoms with Crippen LogP contribution in [-0.4, -0.2) is 40.2 Å². The van der Waals surface area contributed by atoms with Gasteiger partial charge >= 0.3 is 0 Å². The number of hydrogen-bond acceptors (Lipinski definition) is 3. The minimum atomic E-state index is -0.238. The van der Waals surface area contributed by atoms with E-state index in [-0.39, 0.29) is 24.3 Å². The number of carbonyl (C=O) groups excluding carboxylic acids is 1. The molecule has 1 atom stereocenters. The number of rotatable bonds is 6. The maximum absolute atomic E-state index is 13.3. The first-order chi connectivity index (χ1) is 12.5. The first-order valence-corrected chi connectivity index (χ1v) is 9.22. The van der Waals surface area contributed by atoms with Crippen molar-refractivity contribution in [3.63, 3.8) is 0 Å². The van der Waals surface area contributed by atoms with Crippen molar-refractivity contribution >= 4 is 5.91 Å². The van der Waals surface area contributed by atoms with Crippen molar-refractivity contribution in [2.75, 3.05) is 19.6 Å². The number of aryl methyl sites for hydroxylation is 1. The van der Waals surface area contributed by atoms with Crippen LogP contribution in [-0.2, 0) is 11.3 Å². The second-order valence-electron chi connectivity index (χ2n) is 7.07. The summed E-state index contributed by atoms with van der Waals surface area (Å²) in [5.74, 6) is -0.292. The van der Waals surface area contributed by atoms with E-state index in [1.807, 2.05) is 32.9 Å². The normalized spacial score (nSPS) is 16.0. The van der Waals surface area contributed by atoms with Gasteiger partial charge in [-0.1, -0.05) is 12.1 Å². The van der Waals surface area contributed by atoms with Gasteiger partial charge in [0.25, 0.3) is 0 Å². The minimum Gasteiger partial charge on any atom is -0.353 e. The van der Waals surface area contributed by atoms with Crippen LogP contribution in [0.15, 0.2) is 24.3 Å². The highest BCUT2D eigenvalue weighted by Crippen LogP contribution is 2.24. The second-order valence-corrected chi connectivity index (χ2v) is 7.07. The molecule has 0 aliphatic carbocycles. The summed E-state index contributed by atoms with van der Waals surface area (Å²) in [7, 11) is 0. The fraction of sp³-hybridized carbons (Fsp3) is 0.500. The third-order valence-electron chi connectivity index (χ3n) is 5.37. The monoisotopic (exact) mass is 358 g/mol. The van der Waals surface area contributed by atoms with Gasteiger partial charge in [0.2, 0.25) is 5.91 Å². The molecule has 5 nitrogen and oxygen atoms in total. The predicted molar refractivity (Wildman–Crippen MR) is 99.4 cm³/mol. The number of aromatic nitrogens is 2. The predicted octanol–water partition coefficient (Wildman–Crippen LogP) is 2.90. The molecule has 0 unspecified atom stereocenters. The van der Waals surface area contributed by atoms with Crippen molar-refractivity contribution in [1.29, 1.82) is 0 Å². The summed E-state index contributed by atoms with van der Waals surface area (Å²) in [5.41, 5.74) is 4.14. The molecule has 0 radical (unpaired) electrons. The fourth-order valence-electron chi connectivity index (χ4n) is 3.54. The third kappa shape index (κ3) is 4.12. The highest BCUT2D eigenvalue weighted by molar-refractivity contribution is 5.75. The molecular weight excluding hydrogens is 331 g/mol. The van der Waals surface area contributed by atoms with Crippen LogP contribution >= 0.6 is 0 Å². The molecule has 6 heteroatoms. The van der Waals surface area contributed by atoms with Crippen LogP contribution in [0.2, 0.25) is 0 Å². The van der Waals surface area contributed by atoms with Crippen LogP contribution in [0.1, 0.15) is 41.4 Å². The van der Waals surface area contributed by atoms with Crippen LogP contribution < -0.4 is 5.32 Å². The molecule has 1 saturated heterocycles. The maximum Gasteiger partial charge on any atom is 0.241 e. The number of amides is 1. The number of likely N-dealkylation sites (tertiary alicyclic amines) is 1. The Morgan fingerprint density at radius 2 is 1.85 bits per heavy atom. The van der Waals surface area contributed by atoms with Gasteiger partial charge in [-0.25, -0.2) is 4.39 Å². The molecule has 2 heterocycles. The molecule has 1 amide bonds. The van der Waals surface area contributed by atoms with Crippen molar-refractivity contribution in [3.8, 4) is 0 Å². The summed E-state index contributed by atoms with van der Waals surface area (Å²) in [6, 6.07) is 6.67. The van der Waals surface area contributed by atoms with E-state index < -0.39 is 0 Å². The van der Waals surface area contributed by atoms with Gasteiger partial charge in [0.15, 0.2) is 0 Å². The molecule has 3 rings (SSSR count). The van der Waals surface area contributed by atoms with Gasteiger partial charge in [0.1, 0.15) is 12.4 Å². The van der Waals surface area contributed by atoms with Crippen molar-refractivity contribution < 1.29 is 9.18 Å². The lowest BCUT2D eigenvalue weighted by atomic mass is 10.1. The molecule has 140 valence electrons. The molecule has 26 heavy (non-hydrogen) atoms. The number of halogens is 1. The van der Waals surface area contributed by atoms with Crippen LogP contribution in [0.3, 0.4) is 0 Å². The van der Waals surface area contributed by atoms with Crippen LogP contribution in [0.4, 0.5) is 4.39 Å². The van der Waals surface area contributed by atoms with E-state index in [2.05, 4.69) is 15.3 Å². The smallest absolute Gasteiger partial charge is 0.241 e. The lowest BCUT2D eigenvalue weighted by molar-refractivity contribution is -0.122. The number of benzene rings is 1. The summed E-state index contributed by atoms with van der Waals surface area (Å²) < 4.78 is 15.0. The lowest BCUT2D eigenvalue weighted by Crippen LogP contribution is -2.38. The van der Waals surface area contributed by atoms with Crippen molar-refractivity contribution in [2.45, 2.75) is 46.2 Å². The van der Waals surface area contributed by atoms with Crippen molar-refractivity contribution in [3.05, 3.63) is 52.6 Å². The highest BCUT2D eigenvalue weighted by Gasteiger charge is 2.24. The van der Waals surface area contributed by atoms with Gasteiger partial charge in [0, 0.05) is 12.2 Å². The van der Waals surface area contributed by atoms with Gasteiger partial charge in [-0.15, -0.1) is 0 Å². The molecule has 0 spiro atoms. The molecule has 1 aliphatic heterocycles. The average Bonchev–Trinajstić information content (AvgIpc) is 3.22. The highest BCUT2D eigenvalue weighted by atomic mass is 19.1. The van der Waals surface area contributed by atoms with E-state index in [4.69, 9.17) is 0 Å². The summed E-state index contributed by atoms with van der Waals surface area (Å²) in [6.07, 6.45) is 2.33. The zero-order valence-corrected chi connectivity index (χ0v) is 15.8. The molecule has 1 aromatic carbocycles. The molecule has 1 aliphatic rings. The lowest BCUT2D eigenvalue weighted by Gasteiger charge is -2.28. The van der Waals surface area contributed by atoms with Gasteiger partial charge < -0.3 is 5.32 Å². The Hall–Kier alpha value is -2.21. The van der Waals surface area contributed by atoms with Gasteiger partial charge in [0.05, 0.1) is 11.7 Å². The van der Waals surface area contributed by atoms with E-state index in [1.165, 1.54) is 12.1 Å². The van der Waals surface area contributed by atoms with Gasteiger partial charge in [-0.3, -0.25) is 14.4 Å². The number of nitrogens with one attached hydrogen (secondary N) is 1. The first-order valence-electron chi connectivity index (χ1n) is 9.22. The zero-order chi connectivity index (χ0) is 18.7. The van der Waals surface area contributed by atoms with E-state index in [0.717, 1.165) is 48.4 Å². The molecule has 1 N–H and O–H groups in total. The fourth-order valence-corrected chi connectivity index (χ4v) is 3.54. The Kier molecular flexibility index (Phi) is 5.71. The van der Waals surface area contributed by atoms with Crippen molar-refractivity contribution in [2.24, 2.45) is 0 Å². The maximum atomic E-state index is 13.3. The summed E-state index contributed by atoms with van der Waals surface area (Å²) in [5, 5.41) is 7.47. The Bertz CT molecular complexity index is 763. The van der Waals surface area contributed by atoms with E-state index in [9.17, 15) is 9.18 Å². The number of carbonyl (C=O) groups is 1. The zero-order valence-electron chi connectivity index (χ0n) is 15.8. The molecule has 1 aromatic heterocycles. The topological polar surface area (TPSA) is 50.2 Å². The SMILES string of the molecule is Cc1nn(CC(=O)NC[C@H](c2ccc(F)cc2)N2CCCC2)c(C)c1C. The largest absolute Gasteiger partial charge is 0.353 e. The van der Waals surface area contributed by atoms with Crippen molar-refractivity contribution in [1.82, 2.24) is 20.0 Å². The number of hydrogen-bond donors (Lipinski definition) is 1. The summed E-state index contributed by atoms with van der Waals surface area (Å²) >= 11 is 0. The summed E-state index contributed by atoms with van der Waals surface area (Å²) in [4.78, 5) is 14.8. The molecular formula is C20H27FN4O. The quantitative estimate of drug-likeness (QED) is 0.864. The Labute approximate surface area is 154 Å². The van der Waals surface area contributed by atoms with Crippen LogP contribution in [0.25, 0.3) is 0 Å². The molecule has 1 fully saturated rings. The Morgan fingerprint density at radius 3 is 2.42 bits per heavy atom. The Morgan fingerprint density at radius 1 is 1.19 bits per heavy atom. The third-order valence-corrected chi connectivity index (χ3v) is 5.37. The summed E-state index contributed by atoms with van der Waals surface area (Å²) in [6.45, 7) is 8.70. The standard InChI is InChI=1S/C20H27FN4O/c1-14-15(2)23-25(16(14)3)13-20(26)22-12-19(24-10-4-5-11-24)17-6-8-18(21)9-7-17/h6-9,19H,4-5,10-13H2,1-3H3,(H,22,26)/t19-/m1/s1. The Balaban J connectivity index is 1.66. The van der Waals surface area contributed by atoms with Gasteiger partial charge in [-0.2, -0.15) is 5.10 Å². The van der Waals surface area contributed by atoms with E-state index in [0.29, 0.717) is 6.54 Å². The molecule has 0 saturated carbocycles. The minimum absolute atomic E-state index is 0.0538. The van der Waals surface area contributed by atoms with Crippen LogP contribution in [0.5, 0.6) is 0 Å². The van der Waals surface area contributed by atoms with Crippen LogP contribution in [0, 0.1) is 26.6 Å². The average molecular weight is 358 g/mol.